The van der Waals surface area contributed by atoms with Crippen molar-refractivity contribution < 1.29 is 14.3 Å². The summed E-state index contributed by atoms with van der Waals surface area (Å²) in [5, 5.41) is 6.92. The molecule has 0 bridgehead atoms. The van der Waals surface area contributed by atoms with Crippen molar-refractivity contribution in [2.75, 3.05) is 19.0 Å². The van der Waals surface area contributed by atoms with Crippen LogP contribution in [0.3, 0.4) is 0 Å². The minimum absolute atomic E-state index is 0.0624. The summed E-state index contributed by atoms with van der Waals surface area (Å²) in [5.41, 5.74) is 2.72. The number of hydrogen-bond donors (Lipinski definition) is 2. The van der Waals surface area contributed by atoms with Gasteiger partial charge in [-0.2, -0.15) is 0 Å². The quantitative estimate of drug-likeness (QED) is 0.727. The third kappa shape index (κ3) is 6.68. The summed E-state index contributed by atoms with van der Waals surface area (Å²) >= 11 is 6.16. The summed E-state index contributed by atoms with van der Waals surface area (Å²) < 4.78 is 11.0. The monoisotopic (exact) mass is 390 g/mol. The zero-order valence-corrected chi connectivity index (χ0v) is 17.2. The van der Waals surface area contributed by atoms with E-state index in [1.807, 2.05) is 64.1 Å². The Morgan fingerprint density at radius 3 is 2.48 bits per heavy atom. The van der Waals surface area contributed by atoms with Crippen LogP contribution < -0.4 is 20.1 Å². The maximum absolute atomic E-state index is 11.9. The molecule has 27 heavy (non-hydrogen) atoms. The van der Waals surface area contributed by atoms with E-state index in [0.29, 0.717) is 18.0 Å². The van der Waals surface area contributed by atoms with Gasteiger partial charge in [0.25, 0.3) is 5.91 Å². The lowest BCUT2D eigenvalue weighted by Crippen LogP contribution is -2.43. The average molecular weight is 391 g/mol. The molecule has 2 aromatic carbocycles. The van der Waals surface area contributed by atoms with Crippen LogP contribution in [0, 0.1) is 6.92 Å². The Morgan fingerprint density at radius 1 is 1.11 bits per heavy atom. The third-order valence-electron chi connectivity index (χ3n) is 3.77. The van der Waals surface area contributed by atoms with Crippen LogP contribution in [-0.2, 0) is 11.3 Å². The Bertz CT molecular complexity index is 800. The smallest absolute Gasteiger partial charge is 0.258 e. The Labute approximate surface area is 166 Å². The highest BCUT2D eigenvalue weighted by molar-refractivity contribution is 6.31. The van der Waals surface area contributed by atoms with E-state index < -0.39 is 0 Å². The van der Waals surface area contributed by atoms with Crippen molar-refractivity contribution in [1.82, 2.24) is 5.32 Å². The van der Waals surface area contributed by atoms with E-state index >= 15 is 0 Å². The van der Waals surface area contributed by atoms with Gasteiger partial charge in [0.2, 0.25) is 0 Å². The van der Waals surface area contributed by atoms with Gasteiger partial charge >= 0.3 is 0 Å². The number of nitrogens with one attached hydrogen (secondary N) is 2. The van der Waals surface area contributed by atoms with E-state index in [9.17, 15) is 4.79 Å². The van der Waals surface area contributed by atoms with E-state index in [2.05, 4.69) is 10.6 Å². The Balaban J connectivity index is 1.98. The van der Waals surface area contributed by atoms with Gasteiger partial charge in [-0.25, -0.2) is 0 Å². The molecule has 0 fully saturated rings. The summed E-state index contributed by atoms with van der Waals surface area (Å²) in [5.74, 6) is 0.940. The van der Waals surface area contributed by atoms with Crippen LogP contribution in [0.4, 0.5) is 5.69 Å². The second kappa shape index (κ2) is 9.00. The van der Waals surface area contributed by atoms with Crippen molar-refractivity contribution in [3.05, 3.63) is 52.5 Å². The van der Waals surface area contributed by atoms with Crippen molar-refractivity contribution in [2.45, 2.75) is 39.8 Å². The molecule has 0 aliphatic carbocycles. The first-order valence-electron chi connectivity index (χ1n) is 8.79. The predicted molar refractivity (Wildman–Crippen MR) is 110 cm³/mol. The predicted octanol–water partition coefficient (Wildman–Crippen LogP) is 4.56. The molecule has 0 saturated carbocycles. The number of benzene rings is 2. The highest BCUT2D eigenvalue weighted by Crippen LogP contribution is 2.28. The van der Waals surface area contributed by atoms with Crippen LogP contribution in [0.5, 0.6) is 11.5 Å². The Kier molecular flexibility index (Phi) is 6.97. The number of amides is 1. The topological polar surface area (TPSA) is 59.6 Å². The van der Waals surface area contributed by atoms with E-state index in [4.69, 9.17) is 21.1 Å². The molecule has 1 amide bonds. The van der Waals surface area contributed by atoms with Crippen LogP contribution in [-0.4, -0.2) is 25.2 Å². The summed E-state index contributed by atoms with van der Waals surface area (Å²) in [7, 11) is 1.58. The molecule has 0 unspecified atom stereocenters. The van der Waals surface area contributed by atoms with Crippen LogP contribution in [0.2, 0.25) is 5.02 Å². The molecule has 2 aromatic rings. The molecule has 2 N–H and O–H groups in total. The molecule has 146 valence electrons. The highest BCUT2D eigenvalue weighted by atomic mass is 35.5. The number of carbonyl (C=O) groups excluding carboxylic acids is 1. The summed E-state index contributed by atoms with van der Waals surface area (Å²) in [6, 6.07) is 11.5. The summed E-state index contributed by atoms with van der Waals surface area (Å²) in [4.78, 5) is 11.9. The molecular formula is C21H27ClN2O3. The van der Waals surface area contributed by atoms with E-state index in [1.165, 1.54) is 0 Å². The fourth-order valence-electron chi connectivity index (χ4n) is 2.45. The van der Waals surface area contributed by atoms with Crippen molar-refractivity contribution in [1.29, 1.82) is 0 Å². The number of halogens is 1. The normalized spacial score (nSPS) is 11.0. The third-order valence-corrected chi connectivity index (χ3v) is 4.18. The van der Waals surface area contributed by atoms with E-state index in [-0.39, 0.29) is 18.1 Å². The van der Waals surface area contributed by atoms with Gasteiger partial charge in [0.15, 0.2) is 18.1 Å². The maximum atomic E-state index is 11.9. The molecule has 0 atom stereocenters. The fourth-order valence-corrected chi connectivity index (χ4v) is 2.63. The maximum Gasteiger partial charge on any atom is 0.258 e. The molecule has 0 saturated heterocycles. The number of methoxy groups -OCH3 is 1. The zero-order chi connectivity index (χ0) is 20.0. The average Bonchev–Trinajstić information content (AvgIpc) is 2.59. The first kappa shape index (κ1) is 20.9. The van der Waals surface area contributed by atoms with Gasteiger partial charge < -0.3 is 20.1 Å². The van der Waals surface area contributed by atoms with Crippen LogP contribution in [0.1, 0.15) is 31.9 Å². The molecule has 0 aromatic heterocycles. The molecule has 0 aliphatic heterocycles. The van der Waals surface area contributed by atoms with Gasteiger partial charge in [0.05, 0.1) is 7.11 Å². The SMILES string of the molecule is COc1cc(CNc2ccc(C)c(Cl)c2)ccc1OCC(=O)NC(C)(C)C. The number of carbonyl (C=O) groups is 1. The standard InChI is InChI=1S/C21H27ClN2O3/c1-14-6-8-16(11-17(14)22)23-12-15-7-9-18(19(10-15)26-5)27-13-20(25)24-21(2,3)4/h6-11,23H,12-13H2,1-5H3,(H,24,25). The second-order valence-electron chi connectivity index (χ2n) is 7.39. The fraction of sp³-hybridized carbons (Fsp3) is 0.381. The summed E-state index contributed by atoms with van der Waals surface area (Å²) in [6.45, 7) is 8.29. The van der Waals surface area contributed by atoms with E-state index in [1.54, 1.807) is 7.11 Å². The van der Waals surface area contributed by atoms with Gasteiger partial charge in [0.1, 0.15) is 0 Å². The lowest BCUT2D eigenvalue weighted by Gasteiger charge is -2.20. The van der Waals surface area contributed by atoms with Crippen LogP contribution in [0.15, 0.2) is 36.4 Å². The van der Waals surface area contributed by atoms with Crippen molar-refractivity contribution in [2.24, 2.45) is 0 Å². The minimum Gasteiger partial charge on any atom is -0.493 e. The van der Waals surface area contributed by atoms with Gasteiger partial charge in [-0.1, -0.05) is 23.7 Å². The number of hydrogen-bond acceptors (Lipinski definition) is 4. The van der Waals surface area contributed by atoms with Gasteiger partial charge in [-0.05, 0) is 63.1 Å². The molecule has 6 heteroatoms. The highest BCUT2D eigenvalue weighted by Gasteiger charge is 2.15. The Morgan fingerprint density at radius 2 is 1.85 bits per heavy atom. The molecule has 0 aliphatic rings. The minimum atomic E-state index is -0.293. The molecule has 0 radical (unpaired) electrons. The zero-order valence-electron chi connectivity index (χ0n) is 16.5. The second-order valence-corrected chi connectivity index (χ2v) is 7.80. The molecule has 0 spiro atoms. The molecular weight excluding hydrogens is 364 g/mol. The van der Waals surface area contributed by atoms with Crippen LogP contribution >= 0.6 is 11.6 Å². The van der Waals surface area contributed by atoms with Crippen molar-refractivity contribution in [3.8, 4) is 11.5 Å². The van der Waals surface area contributed by atoms with Crippen LogP contribution in [0.25, 0.3) is 0 Å². The molecule has 5 nitrogen and oxygen atoms in total. The largest absolute Gasteiger partial charge is 0.493 e. The van der Waals surface area contributed by atoms with Gasteiger partial charge in [0, 0.05) is 22.8 Å². The van der Waals surface area contributed by atoms with Crippen molar-refractivity contribution >= 4 is 23.2 Å². The number of aryl methyl sites for hydroxylation is 1. The van der Waals surface area contributed by atoms with Gasteiger partial charge in [-0.15, -0.1) is 0 Å². The first-order chi connectivity index (χ1) is 12.7. The lowest BCUT2D eigenvalue weighted by molar-refractivity contribution is -0.124. The van der Waals surface area contributed by atoms with Gasteiger partial charge in [-0.3, -0.25) is 4.79 Å². The lowest BCUT2D eigenvalue weighted by atomic mass is 10.1. The van der Waals surface area contributed by atoms with Crippen molar-refractivity contribution in [3.63, 3.8) is 0 Å². The molecule has 2 rings (SSSR count). The first-order valence-corrected chi connectivity index (χ1v) is 9.16. The van der Waals surface area contributed by atoms with E-state index in [0.717, 1.165) is 21.8 Å². The summed E-state index contributed by atoms with van der Waals surface area (Å²) in [6.07, 6.45) is 0. The number of ether oxygens (including phenoxy) is 2. The Hall–Kier alpha value is -2.40. The number of rotatable bonds is 7. The number of anilines is 1. The molecule has 0 heterocycles.